The highest BCUT2D eigenvalue weighted by Crippen LogP contribution is 2.40. The zero-order chi connectivity index (χ0) is 30.1. The van der Waals surface area contributed by atoms with Crippen molar-refractivity contribution in [1.82, 2.24) is 9.55 Å². The van der Waals surface area contributed by atoms with E-state index in [1.165, 1.54) is 34.4 Å². The number of nitrogens with zero attached hydrogens (tertiary/aromatic N) is 2. The summed E-state index contributed by atoms with van der Waals surface area (Å²) in [6, 6.07) is 16.6. The maximum atomic E-state index is 14.1. The zero-order valence-corrected chi connectivity index (χ0v) is 26.7. The van der Waals surface area contributed by atoms with Gasteiger partial charge in [-0.2, -0.15) is 0 Å². The number of aromatic nitrogens is 2. The predicted octanol–water partition coefficient (Wildman–Crippen LogP) is 7.86. The molecule has 3 aromatic heterocycles. The number of thiophene rings is 2. The smallest absolute Gasteiger partial charge is 0.341 e. The summed E-state index contributed by atoms with van der Waals surface area (Å²) in [6.07, 6.45) is 2.66. The molecule has 0 unspecified atom stereocenters. The summed E-state index contributed by atoms with van der Waals surface area (Å²) in [6.45, 7) is 4.23. The fourth-order valence-electron chi connectivity index (χ4n) is 5.27. The number of benzene rings is 2. The molecule has 1 N–H and O–H groups in total. The molecule has 0 bridgehead atoms. The maximum absolute atomic E-state index is 14.1. The van der Waals surface area contributed by atoms with Gasteiger partial charge in [0.15, 0.2) is 5.16 Å². The number of carbonyl (C=O) groups is 2. The molecule has 1 aliphatic rings. The first-order valence-corrected chi connectivity index (χ1v) is 17.0. The van der Waals surface area contributed by atoms with E-state index in [1.807, 2.05) is 47.8 Å². The number of halogens is 1. The van der Waals surface area contributed by atoms with Crippen molar-refractivity contribution in [2.75, 3.05) is 17.7 Å². The normalized spacial score (nSPS) is 14.4. The van der Waals surface area contributed by atoms with Gasteiger partial charge in [0.1, 0.15) is 9.83 Å². The van der Waals surface area contributed by atoms with Gasteiger partial charge >= 0.3 is 5.97 Å². The van der Waals surface area contributed by atoms with Gasteiger partial charge in [0.2, 0.25) is 5.91 Å². The number of para-hydroxylation sites is 1. The average molecular weight is 650 g/mol. The number of amides is 1. The monoisotopic (exact) mass is 649 g/mol. The average Bonchev–Trinajstić information content (AvgIpc) is 3.58. The highest BCUT2D eigenvalue weighted by molar-refractivity contribution is 7.99. The Morgan fingerprint density at radius 1 is 1.16 bits per heavy atom. The van der Waals surface area contributed by atoms with Crippen LogP contribution in [0.2, 0.25) is 5.02 Å². The van der Waals surface area contributed by atoms with E-state index in [4.69, 9.17) is 21.3 Å². The van der Waals surface area contributed by atoms with Crippen LogP contribution in [0.15, 0.2) is 69.9 Å². The SMILES string of the molecule is CCOC(=O)c1c(NC(=O)CSc2nc3scc(-c4ccc(Cl)cc4)c3c(=O)n2-c2ccccc2)sc2c1CC[C@H](C)C2. The van der Waals surface area contributed by atoms with Crippen LogP contribution >= 0.6 is 46.0 Å². The minimum Gasteiger partial charge on any atom is -0.462 e. The molecular formula is C32H28ClN3O4S3. The fourth-order valence-corrected chi connectivity index (χ4v) is 8.61. The Bertz CT molecular complexity index is 1880. The second-order valence-electron chi connectivity index (χ2n) is 10.3. The summed E-state index contributed by atoms with van der Waals surface area (Å²) in [7, 11) is 0. The molecule has 0 saturated carbocycles. The molecule has 1 aliphatic carbocycles. The molecule has 0 radical (unpaired) electrons. The molecule has 0 fully saturated rings. The quantitative estimate of drug-likeness (QED) is 0.105. The third-order valence-corrected chi connectivity index (χ3v) is 10.6. The molecule has 2 aromatic carbocycles. The van der Waals surface area contributed by atoms with E-state index in [9.17, 15) is 14.4 Å². The standard InChI is InChI=1S/C32H28ClN3O4S3/c1-3-40-31(39)27-22-14-9-18(2)15-24(22)43-29(27)34-25(37)17-42-32-35-28-26(30(38)36(32)21-7-5-4-6-8-21)23(16-41-28)19-10-12-20(33)13-11-19/h4-8,10-13,16,18H,3,9,14-15,17H2,1-2H3,(H,34,37)/t18-/m0/s1. The number of hydrogen-bond donors (Lipinski definition) is 1. The molecular weight excluding hydrogens is 622 g/mol. The molecule has 5 aromatic rings. The number of hydrogen-bond acceptors (Lipinski definition) is 8. The fraction of sp³-hybridized carbons (Fsp3) is 0.250. The lowest BCUT2D eigenvalue weighted by atomic mass is 9.88. The number of ether oxygens (including phenoxy) is 1. The topological polar surface area (TPSA) is 90.3 Å². The lowest BCUT2D eigenvalue weighted by Gasteiger charge is -2.18. The summed E-state index contributed by atoms with van der Waals surface area (Å²) in [5.41, 5.74) is 3.57. The molecule has 11 heteroatoms. The van der Waals surface area contributed by atoms with Crippen molar-refractivity contribution in [3.63, 3.8) is 0 Å². The minimum absolute atomic E-state index is 0.00142. The van der Waals surface area contributed by atoms with Crippen LogP contribution in [-0.2, 0) is 22.4 Å². The van der Waals surface area contributed by atoms with Crippen LogP contribution in [-0.4, -0.2) is 33.8 Å². The zero-order valence-electron chi connectivity index (χ0n) is 23.5. The largest absolute Gasteiger partial charge is 0.462 e. The van der Waals surface area contributed by atoms with Crippen molar-refractivity contribution in [2.45, 2.75) is 38.3 Å². The Kier molecular flexibility index (Phi) is 8.72. The van der Waals surface area contributed by atoms with Gasteiger partial charge in [-0.15, -0.1) is 22.7 Å². The second-order valence-corrected chi connectivity index (χ2v) is 13.7. The Labute approximate surface area is 265 Å². The first-order chi connectivity index (χ1) is 20.8. The van der Waals surface area contributed by atoms with Crippen molar-refractivity contribution in [3.8, 4) is 16.8 Å². The molecule has 220 valence electrons. The van der Waals surface area contributed by atoms with Crippen LogP contribution in [0.5, 0.6) is 0 Å². The lowest BCUT2D eigenvalue weighted by Crippen LogP contribution is -2.23. The van der Waals surface area contributed by atoms with Crippen LogP contribution in [0.1, 0.15) is 41.1 Å². The number of esters is 1. The van der Waals surface area contributed by atoms with Crippen molar-refractivity contribution in [1.29, 1.82) is 0 Å². The van der Waals surface area contributed by atoms with E-state index >= 15 is 0 Å². The predicted molar refractivity (Wildman–Crippen MR) is 176 cm³/mol. The van der Waals surface area contributed by atoms with E-state index in [0.717, 1.165) is 40.8 Å². The number of anilines is 1. The molecule has 7 nitrogen and oxygen atoms in total. The van der Waals surface area contributed by atoms with Crippen molar-refractivity contribution in [2.24, 2.45) is 5.92 Å². The summed E-state index contributed by atoms with van der Waals surface area (Å²) < 4.78 is 6.90. The van der Waals surface area contributed by atoms with Gasteiger partial charge in [-0.3, -0.25) is 14.2 Å². The Morgan fingerprint density at radius 2 is 1.93 bits per heavy atom. The molecule has 0 aliphatic heterocycles. The molecule has 3 heterocycles. The summed E-state index contributed by atoms with van der Waals surface area (Å²) in [5.74, 6) is -0.170. The number of carbonyl (C=O) groups excluding carboxylic acids is 2. The Balaban J connectivity index is 1.32. The van der Waals surface area contributed by atoms with Crippen LogP contribution in [0, 0.1) is 5.92 Å². The molecule has 1 amide bonds. The third-order valence-electron chi connectivity index (χ3n) is 7.32. The van der Waals surface area contributed by atoms with Crippen LogP contribution in [0.4, 0.5) is 5.00 Å². The van der Waals surface area contributed by atoms with Gasteiger partial charge in [-0.05, 0) is 67.5 Å². The van der Waals surface area contributed by atoms with E-state index in [1.54, 1.807) is 23.6 Å². The van der Waals surface area contributed by atoms with E-state index in [-0.39, 0.29) is 23.8 Å². The maximum Gasteiger partial charge on any atom is 0.341 e. The molecule has 6 rings (SSSR count). The highest BCUT2D eigenvalue weighted by atomic mass is 35.5. The van der Waals surface area contributed by atoms with Crippen molar-refractivity contribution < 1.29 is 14.3 Å². The lowest BCUT2D eigenvalue weighted by molar-refractivity contribution is -0.113. The van der Waals surface area contributed by atoms with Crippen LogP contribution < -0.4 is 10.9 Å². The van der Waals surface area contributed by atoms with Crippen LogP contribution in [0.3, 0.4) is 0 Å². The van der Waals surface area contributed by atoms with Gasteiger partial charge in [-0.25, -0.2) is 9.78 Å². The number of thioether (sulfide) groups is 1. The number of fused-ring (bicyclic) bond motifs is 2. The third kappa shape index (κ3) is 6.02. The summed E-state index contributed by atoms with van der Waals surface area (Å²) in [5, 5.41) is 6.96. The van der Waals surface area contributed by atoms with E-state index in [2.05, 4.69) is 12.2 Å². The van der Waals surface area contributed by atoms with E-state index in [0.29, 0.717) is 42.6 Å². The molecule has 0 spiro atoms. The Hall–Kier alpha value is -3.44. The van der Waals surface area contributed by atoms with Crippen molar-refractivity contribution in [3.05, 3.63) is 91.4 Å². The van der Waals surface area contributed by atoms with Gasteiger partial charge in [-0.1, -0.05) is 60.6 Å². The van der Waals surface area contributed by atoms with Gasteiger partial charge in [0.25, 0.3) is 5.56 Å². The van der Waals surface area contributed by atoms with Crippen molar-refractivity contribution >= 4 is 73.1 Å². The van der Waals surface area contributed by atoms with Gasteiger partial charge in [0.05, 0.1) is 29.0 Å². The van der Waals surface area contributed by atoms with Gasteiger partial charge < -0.3 is 10.1 Å². The number of nitrogens with one attached hydrogen (secondary N) is 1. The minimum atomic E-state index is -0.406. The van der Waals surface area contributed by atoms with Gasteiger partial charge in [0, 0.05) is 20.8 Å². The molecule has 0 saturated heterocycles. The summed E-state index contributed by atoms with van der Waals surface area (Å²) >= 11 is 10.1. The highest BCUT2D eigenvalue weighted by Gasteiger charge is 2.29. The Morgan fingerprint density at radius 3 is 2.67 bits per heavy atom. The van der Waals surface area contributed by atoms with Crippen LogP contribution in [0.25, 0.3) is 27.0 Å². The first-order valence-electron chi connectivity index (χ1n) is 13.9. The van der Waals surface area contributed by atoms with E-state index < -0.39 is 5.97 Å². The molecule has 1 atom stereocenters. The summed E-state index contributed by atoms with van der Waals surface area (Å²) in [4.78, 5) is 46.8. The number of rotatable bonds is 8. The first kappa shape index (κ1) is 29.6. The molecule has 43 heavy (non-hydrogen) atoms. The second kappa shape index (κ2) is 12.7.